The lowest BCUT2D eigenvalue weighted by Gasteiger charge is -2.33. The second kappa shape index (κ2) is 5.67. The van der Waals surface area contributed by atoms with Crippen LogP contribution in [0.25, 0.3) is 11.0 Å². The fourth-order valence-electron chi connectivity index (χ4n) is 2.74. The van der Waals surface area contributed by atoms with Gasteiger partial charge in [-0.05, 0) is 35.3 Å². The largest absolute Gasteiger partial charge is 0.415 e. The number of ether oxygens (including phenoxy) is 1. The van der Waals surface area contributed by atoms with E-state index in [1.165, 1.54) is 0 Å². The van der Waals surface area contributed by atoms with Crippen LogP contribution in [0.2, 0.25) is 0 Å². The summed E-state index contributed by atoms with van der Waals surface area (Å²) in [6.45, 7) is 1.95. The summed E-state index contributed by atoms with van der Waals surface area (Å²) in [7, 11) is -4.21. The summed E-state index contributed by atoms with van der Waals surface area (Å²) in [6.07, 6.45) is -6.79. The molecule has 0 N–H and O–H groups in total. The van der Waals surface area contributed by atoms with Crippen molar-refractivity contribution in [3.8, 4) is 0 Å². The Morgan fingerprint density at radius 2 is 1.88 bits per heavy atom. The van der Waals surface area contributed by atoms with Gasteiger partial charge in [0.15, 0.2) is 11.6 Å². The molecule has 1 aromatic heterocycles. The fraction of sp³-hybridized carbons (Fsp3) is 0.538. The third-order valence-corrected chi connectivity index (χ3v) is 5.90. The Labute approximate surface area is 135 Å². The van der Waals surface area contributed by atoms with Crippen LogP contribution in [0.1, 0.15) is 11.1 Å². The summed E-state index contributed by atoms with van der Waals surface area (Å²) in [6, 6.07) is 1.58. The lowest BCUT2D eigenvalue weighted by molar-refractivity contribution is -0.231. The summed E-state index contributed by atoms with van der Waals surface area (Å²) in [5, 5.41) is 7.28. The number of fused-ring (bicyclic) bond motifs is 1. The molecule has 0 bridgehead atoms. The first-order chi connectivity index (χ1) is 11.1. The van der Waals surface area contributed by atoms with Crippen LogP contribution in [0.15, 0.2) is 15.6 Å². The predicted molar refractivity (Wildman–Crippen MR) is 75.8 cm³/mol. The van der Waals surface area contributed by atoms with Crippen molar-refractivity contribution in [2.24, 2.45) is 0 Å². The van der Waals surface area contributed by atoms with Crippen LogP contribution in [0.5, 0.6) is 0 Å². The summed E-state index contributed by atoms with van der Waals surface area (Å²) in [4.78, 5) is -0.188. The second-order valence-corrected chi connectivity index (χ2v) is 7.44. The van der Waals surface area contributed by atoms with Crippen LogP contribution in [0.3, 0.4) is 0 Å². The van der Waals surface area contributed by atoms with Gasteiger partial charge in [0.2, 0.25) is 10.0 Å². The minimum absolute atomic E-state index is 0.0163. The van der Waals surface area contributed by atoms with Crippen molar-refractivity contribution in [2.75, 3.05) is 19.7 Å². The van der Waals surface area contributed by atoms with Crippen molar-refractivity contribution in [1.29, 1.82) is 0 Å². The van der Waals surface area contributed by atoms with Gasteiger partial charge in [-0.3, -0.25) is 0 Å². The Bertz CT molecular complexity index is 878. The molecule has 2 aromatic rings. The number of aromatic nitrogens is 2. The lowest BCUT2D eigenvalue weighted by atomic mass is 10.1. The average Bonchev–Trinajstić information content (AvgIpc) is 2.95. The highest BCUT2D eigenvalue weighted by Crippen LogP contribution is 2.32. The zero-order valence-electron chi connectivity index (χ0n) is 12.8. The van der Waals surface area contributed by atoms with Gasteiger partial charge >= 0.3 is 6.18 Å². The van der Waals surface area contributed by atoms with Crippen molar-refractivity contribution in [3.05, 3.63) is 17.2 Å². The summed E-state index contributed by atoms with van der Waals surface area (Å²) in [5.41, 5.74) is 1.31. The SMILES string of the molecule is Cc1cc(C)c2nonc2c1S(=O)(=O)N1CCO[C@H](C(F)(F)F)C1. The topological polar surface area (TPSA) is 85.5 Å². The van der Waals surface area contributed by atoms with Gasteiger partial charge in [-0.15, -0.1) is 0 Å². The van der Waals surface area contributed by atoms with Gasteiger partial charge in [0.1, 0.15) is 10.4 Å². The van der Waals surface area contributed by atoms with Gasteiger partial charge in [0.05, 0.1) is 6.61 Å². The van der Waals surface area contributed by atoms with E-state index in [0.717, 1.165) is 4.31 Å². The Balaban J connectivity index is 2.07. The molecular formula is C13H14F3N3O4S. The molecule has 3 rings (SSSR count). The van der Waals surface area contributed by atoms with E-state index in [9.17, 15) is 21.6 Å². The molecule has 0 spiro atoms. The van der Waals surface area contributed by atoms with Gasteiger partial charge < -0.3 is 4.74 Å². The van der Waals surface area contributed by atoms with E-state index in [4.69, 9.17) is 0 Å². The molecule has 0 radical (unpaired) electrons. The van der Waals surface area contributed by atoms with Crippen molar-refractivity contribution >= 4 is 21.1 Å². The molecule has 0 amide bonds. The van der Waals surface area contributed by atoms with Gasteiger partial charge in [0.25, 0.3) is 0 Å². The van der Waals surface area contributed by atoms with E-state index >= 15 is 0 Å². The maximum atomic E-state index is 12.9. The minimum atomic E-state index is -4.64. The molecule has 1 aromatic carbocycles. The quantitative estimate of drug-likeness (QED) is 0.807. The monoisotopic (exact) mass is 365 g/mol. The van der Waals surface area contributed by atoms with Gasteiger partial charge in [-0.25, -0.2) is 13.0 Å². The molecule has 24 heavy (non-hydrogen) atoms. The van der Waals surface area contributed by atoms with E-state index in [1.54, 1.807) is 19.9 Å². The molecular weight excluding hydrogens is 351 g/mol. The molecule has 1 atom stereocenters. The van der Waals surface area contributed by atoms with Crippen molar-refractivity contribution in [2.45, 2.75) is 31.0 Å². The number of hydrogen-bond acceptors (Lipinski definition) is 6. The average molecular weight is 365 g/mol. The number of halogens is 3. The molecule has 0 aliphatic carbocycles. The van der Waals surface area contributed by atoms with Gasteiger partial charge in [0, 0.05) is 13.1 Å². The number of morpholine rings is 1. The molecule has 1 aliphatic rings. The number of sulfonamides is 1. The minimum Gasteiger partial charge on any atom is -0.366 e. The van der Waals surface area contributed by atoms with Gasteiger partial charge in [-0.2, -0.15) is 17.5 Å². The zero-order valence-corrected chi connectivity index (χ0v) is 13.6. The highest BCUT2D eigenvalue weighted by atomic mass is 32.2. The summed E-state index contributed by atoms with van der Waals surface area (Å²) < 4.78 is 74.4. The first-order valence-electron chi connectivity index (χ1n) is 7.03. The van der Waals surface area contributed by atoms with Crippen LogP contribution >= 0.6 is 0 Å². The van der Waals surface area contributed by atoms with Crippen molar-refractivity contribution < 1.29 is 31.0 Å². The summed E-state index contributed by atoms with van der Waals surface area (Å²) in [5.74, 6) is 0. The van der Waals surface area contributed by atoms with E-state index in [2.05, 4.69) is 19.7 Å². The third kappa shape index (κ3) is 2.76. The molecule has 0 unspecified atom stereocenters. The van der Waals surface area contributed by atoms with Crippen LogP contribution < -0.4 is 0 Å². The van der Waals surface area contributed by atoms with Crippen LogP contribution in [-0.2, 0) is 14.8 Å². The third-order valence-electron chi connectivity index (χ3n) is 3.86. The predicted octanol–water partition coefficient (Wildman–Crippen LogP) is 1.79. The summed E-state index contributed by atoms with van der Waals surface area (Å²) >= 11 is 0. The standard InChI is InChI=1S/C13H14F3N3O4S/c1-7-5-8(2)12(11-10(7)17-23-18-11)24(20,21)19-3-4-22-9(6-19)13(14,15)16/h5,9H,3-4,6H2,1-2H3/t9-/m0/s1. The first-order valence-corrected chi connectivity index (χ1v) is 8.47. The van der Waals surface area contributed by atoms with Crippen LogP contribution in [0.4, 0.5) is 13.2 Å². The van der Waals surface area contributed by atoms with E-state index in [-0.39, 0.29) is 29.1 Å². The second-order valence-electron chi connectivity index (χ2n) is 5.57. The normalized spacial score (nSPS) is 20.6. The number of hydrogen-bond donors (Lipinski definition) is 0. The Hall–Kier alpha value is -1.72. The maximum absolute atomic E-state index is 12.9. The molecule has 11 heteroatoms. The Morgan fingerprint density at radius 1 is 1.21 bits per heavy atom. The number of alkyl halides is 3. The number of aryl methyl sites for hydroxylation is 2. The van der Waals surface area contributed by atoms with Crippen molar-refractivity contribution in [1.82, 2.24) is 14.6 Å². The molecule has 132 valence electrons. The highest BCUT2D eigenvalue weighted by Gasteiger charge is 2.46. The molecule has 7 nitrogen and oxygen atoms in total. The number of nitrogens with zero attached hydrogens (tertiary/aromatic N) is 3. The van der Waals surface area contributed by atoms with E-state index in [1.807, 2.05) is 0 Å². The number of rotatable bonds is 2. The molecule has 1 fully saturated rings. The van der Waals surface area contributed by atoms with E-state index in [0.29, 0.717) is 11.1 Å². The molecule has 1 saturated heterocycles. The maximum Gasteiger partial charge on any atom is 0.415 e. The molecule has 0 saturated carbocycles. The van der Waals surface area contributed by atoms with Crippen LogP contribution in [0, 0.1) is 13.8 Å². The van der Waals surface area contributed by atoms with Crippen LogP contribution in [-0.4, -0.2) is 55.0 Å². The fourth-order valence-corrected chi connectivity index (χ4v) is 4.49. The highest BCUT2D eigenvalue weighted by molar-refractivity contribution is 7.89. The van der Waals surface area contributed by atoms with E-state index < -0.39 is 28.8 Å². The number of benzene rings is 1. The molecule has 1 aliphatic heterocycles. The van der Waals surface area contributed by atoms with Gasteiger partial charge in [-0.1, -0.05) is 6.07 Å². The lowest BCUT2D eigenvalue weighted by Crippen LogP contribution is -2.51. The Kier molecular flexibility index (Phi) is 4.04. The smallest absolute Gasteiger partial charge is 0.366 e. The zero-order chi connectivity index (χ0) is 17.7. The van der Waals surface area contributed by atoms with Crippen molar-refractivity contribution in [3.63, 3.8) is 0 Å². The first kappa shape index (κ1) is 17.1. The molecule has 2 heterocycles. The Morgan fingerprint density at radius 3 is 2.54 bits per heavy atom.